The predicted molar refractivity (Wildman–Crippen MR) is 101 cm³/mol. The number of anilines is 1. The SMILES string of the molecule is O=C(Nc1ccc(S(=O)(=O)C(F)F)cc1)C1CCN(C(=O)c2cccs2)CC1. The van der Waals surface area contributed by atoms with Crippen LogP contribution in [0.4, 0.5) is 14.5 Å². The van der Waals surface area contributed by atoms with Crippen molar-refractivity contribution in [2.45, 2.75) is 23.5 Å². The number of nitrogens with one attached hydrogen (secondary N) is 1. The van der Waals surface area contributed by atoms with Gasteiger partial charge in [-0.1, -0.05) is 6.07 Å². The zero-order chi connectivity index (χ0) is 20.3. The maximum atomic E-state index is 12.5. The summed E-state index contributed by atoms with van der Waals surface area (Å²) in [5.41, 5.74) is 0.329. The molecule has 0 saturated carbocycles. The highest BCUT2D eigenvalue weighted by Crippen LogP contribution is 2.24. The first-order valence-corrected chi connectivity index (χ1v) is 11.0. The second-order valence-electron chi connectivity index (χ2n) is 6.36. The van der Waals surface area contributed by atoms with Crippen LogP contribution in [0.2, 0.25) is 0 Å². The molecule has 150 valence electrons. The van der Waals surface area contributed by atoms with Crippen LogP contribution < -0.4 is 5.32 Å². The van der Waals surface area contributed by atoms with Gasteiger partial charge in [0.25, 0.3) is 5.91 Å². The molecule has 0 aliphatic carbocycles. The first-order chi connectivity index (χ1) is 13.3. The number of sulfone groups is 1. The first kappa shape index (κ1) is 20.4. The van der Waals surface area contributed by atoms with Crippen LogP contribution in [-0.4, -0.2) is 44.0 Å². The molecule has 6 nitrogen and oxygen atoms in total. The molecule has 3 rings (SSSR count). The van der Waals surface area contributed by atoms with E-state index >= 15 is 0 Å². The Morgan fingerprint density at radius 2 is 1.75 bits per heavy atom. The second-order valence-corrected chi connectivity index (χ2v) is 9.23. The van der Waals surface area contributed by atoms with Gasteiger partial charge in [-0.15, -0.1) is 11.3 Å². The topological polar surface area (TPSA) is 83.6 Å². The molecule has 0 spiro atoms. The molecule has 1 aromatic heterocycles. The van der Waals surface area contributed by atoms with Gasteiger partial charge in [-0.05, 0) is 48.6 Å². The van der Waals surface area contributed by atoms with Crippen molar-refractivity contribution in [1.82, 2.24) is 4.90 Å². The molecule has 1 saturated heterocycles. The number of likely N-dealkylation sites (tertiary alicyclic amines) is 1. The first-order valence-electron chi connectivity index (χ1n) is 8.55. The van der Waals surface area contributed by atoms with Crippen LogP contribution in [0.3, 0.4) is 0 Å². The molecular formula is C18H18F2N2O4S2. The van der Waals surface area contributed by atoms with Crippen molar-refractivity contribution in [3.63, 3.8) is 0 Å². The fourth-order valence-electron chi connectivity index (χ4n) is 2.98. The zero-order valence-corrected chi connectivity index (χ0v) is 16.3. The number of alkyl halides is 2. The van der Waals surface area contributed by atoms with Crippen LogP contribution in [0, 0.1) is 5.92 Å². The van der Waals surface area contributed by atoms with E-state index in [1.807, 2.05) is 11.4 Å². The Balaban J connectivity index is 1.55. The Morgan fingerprint density at radius 1 is 1.11 bits per heavy atom. The molecule has 0 unspecified atom stereocenters. The maximum absolute atomic E-state index is 12.5. The third-order valence-corrected chi connectivity index (χ3v) is 6.83. The highest BCUT2D eigenvalue weighted by atomic mass is 32.2. The van der Waals surface area contributed by atoms with E-state index in [2.05, 4.69) is 5.32 Å². The van der Waals surface area contributed by atoms with Crippen LogP contribution in [0.5, 0.6) is 0 Å². The number of amides is 2. The van der Waals surface area contributed by atoms with E-state index in [1.54, 1.807) is 11.0 Å². The van der Waals surface area contributed by atoms with Gasteiger partial charge in [0.2, 0.25) is 15.7 Å². The normalized spacial score (nSPS) is 15.6. The largest absolute Gasteiger partial charge is 0.341 e. The van der Waals surface area contributed by atoms with E-state index in [-0.39, 0.29) is 17.7 Å². The lowest BCUT2D eigenvalue weighted by molar-refractivity contribution is -0.121. The van der Waals surface area contributed by atoms with Gasteiger partial charge >= 0.3 is 5.76 Å². The average molecular weight is 428 g/mol. The lowest BCUT2D eigenvalue weighted by Crippen LogP contribution is -2.41. The number of hydrogen-bond donors (Lipinski definition) is 1. The Morgan fingerprint density at radius 3 is 2.29 bits per heavy atom. The summed E-state index contributed by atoms with van der Waals surface area (Å²) in [7, 11) is -4.66. The van der Waals surface area contributed by atoms with Gasteiger partial charge in [0.15, 0.2) is 0 Å². The summed E-state index contributed by atoms with van der Waals surface area (Å²) in [6, 6.07) is 8.23. The Labute approximate surface area is 165 Å². The number of thiophene rings is 1. The van der Waals surface area contributed by atoms with Crippen molar-refractivity contribution in [2.75, 3.05) is 18.4 Å². The monoisotopic (exact) mass is 428 g/mol. The lowest BCUT2D eigenvalue weighted by atomic mass is 9.95. The average Bonchev–Trinajstić information content (AvgIpc) is 3.22. The standard InChI is InChI=1S/C18H18F2N2O4S2/c19-18(20)28(25,26)14-5-3-13(4-6-14)21-16(23)12-7-9-22(10-8-12)17(24)15-2-1-11-27-15/h1-6,11-12,18H,7-10H2,(H,21,23). The minimum Gasteiger partial charge on any atom is -0.338 e. The summed E-state index contributed by atoms with van der Waals surface area (Å²) in [4.78, 5) is 26.6. The molecule has 28 heavy (non-hydrogen) atoms. The molecule has 0 radical (unpaired) electrons. The number of carbonyl (C=O) groups excluding carboxylic acids is 2. The van der Waals surface area contributed by atoms with Crippen molar-refractivity contribution < 1.29 is 26.8 Å². The van der Waals surface area contributed by atoms with Gasteiger partial charge in [0.1, 0.15) is 0 Å². The molecule has 1 aliphatic heterocycles. The molecule has 2 aromatic rings. The number of rotatable bonds is 5. The van der Waals surface area contributed by atoms with Crippen molar-refractivity contribution in [3.05, 3.63) is 46.7 Å². The lowest BCUT2D eigenvalue weighted by Gasteiger charge is -2.31. The van der Waals surface area contributed by atoms with Crippen molar-refractivity contribution >= 4 is 38.7 Å². The van der Waals surface area contributed by atoms with Gasteiger partial charge in [-0.2, -0.15) is 8.78 Å². The molecule has 0 atom stereocenters. The molecular weight excluding hydrogens is 410 g/mol. The van der Waals surface area contributed by atoms with E-state index < -0.39 is 20.5 Å². The minimum absolute atomic E-state index is 0.0373. The maximum Gasteiger partial charge on any atom is 0.341 e. The van der Waals surface area contributed by atoms with E-state index in [9.17, 15) is 26.8 Å². The van der Waals surface area contributed by atoms with Crippen LogP contribution >= 0.6 is 11.3 Å². The Hall–Kier alpha value is -2.33. The molecule has 0 bridgehead atoms. The summed E-state index contributed by atoms with van der Waals surface area (Å²) in [5.74, 6) is -4.05. The van der Waals surface area contributed by atoms with E-state index in [0.717, 1.165) is 12.1 Å². The minimum atomic E-state index is -4.66. The number of piperidine rings is 1. The summed E-state index contributed by atoms with van der Waals surface area (Å²) in [6.07, 6.45) is 1.03. The van der Waals surface area contributed by atoms with E-state index in [0.29, 0.717) is 36.5 Å². The number of benzene rings is 1. The van der Waals surface area contributed by atoms with Gasteiger partial charge in [-0.3, -0.25) is 9.59 Å². The summed E-state index contributed by atoms with van der Waals surface area (Å²) >= 11 is 1.38. The van der Waals surface area contributed by atoms with Crippen molar-refractivity contribution in [2.24, 2.45) is 5.92 Å². The Bertz CT molecular complexity index is 936. The quantitative estimate of drug-likeness (QED) is 0.793. The van der Waals surface area contributed by atoms with Crippen LogP contribution in [0.15, 0.2) is 46.7 Å². The van der Waals surface area contributed by atoms with Gasteiger partial charge in [0, 0.05) is 24.7 Å². The third-order valence-electron chi connectivity index (χ3n) is 4.57. The number of halogens is 2. The van der Waals surface area contributed by atoms with Gasteiger partial charge in [0.05, 0.1) is 9.77 Å². The smallest absolute Gasteiger partial charge is 0.338 e. The molecule has 2 amide bonds. The van der Waals surface area contributed by atoms with E-state index in [4.69, 9.17) is 0 Å². The third kappa shape index (κ3) is 4.39. The highest BCUT2D eigenvalue weighted by molar-refractivity contribution is 7.91. The summed E-state index contributed by atoms with van der Waals surface area (Å²) in [6.45, 7) is 0.945. The van der Waals surface area contributed by atoms with Crippen LogP contribution in [0.25, 0.3) is 0 Å². The molecule has 1 aliphatic rings. The second kappa shape index (κ2) is 8.36. The number of hydrogen-bond acceptors (Lipinski definition) is 5. The number of nitrogens with zero attached hydrogens (tertiary/aromatic N) is 1. The van der Waals surface area contributed by atoms with E-state index in [1.165, 1.54) is 23.5 Å². The summed E-state index contributed by atoms with van der Waals surface area (Å²) < 4.78 is 47.9. The Kier molecular flexibility index (Phi) is 6.09. The van der Waals surface area contributed by atoms with Gasteiger partial charge < -0.3 is 10.2 Å². The van der Waals surface area contributed by atoms with Crippen molar-refractivity contribution in [3.8, 4) is 0 Å². The summed E-state index contributed by atoms with van der Waals surface area (Å²) in [5, 5.41) is 4.51. The van der Waals surface area contributed by atoms with Crippen LogP contribution in [-0.2, 0) is 14.6 Å². The number of carbonyl (C=O) groups is 2. The molecule has 10 heteroatoms. The van der Waals surface area contributed by atoms with Crippen LogP contribution in [0.1, 0.15) is 22.5 Å². The highest BCUT2D eigenvalue weighted by Gasteiger charge is 2.29. The fourth-order valence-corrected chi connectivity index (χ4v) is 4.39. The molecule has 1 fully saturated rings. The van der Waals surface area contributed by atoms with Crippen molar-refractivity contribution in [1.29, 1.82) is 0 Å². The zero-order valence-electron chi connectivity index (χ0n) is 14.7. The molecule has 2 heterocycles. The molecule has 1 N–H and O–H groups in total. The molecule has 1 aromatic carbocycles. The van der Waals surface area contributed by atoms with Gasteiger partial charge in [-0.25, -0.2) is 8.42 Å². The predicted octanol–water partition coefficient (Wildman–Crippen LogP) is 3.24. The fraction of sp³-hybridized carbons (Fsp3) is 0.333.